The Morgan fingerprint density at radius 3 is 2.67 bits per heavy atom. The first kappa shape index (κ1) is 24.1. The van der Waals surface area contributed by atoms with E-state index in [0.717, 1.165) is 50.3 Å². The van der Waals surface area contributed by atoms with Crippen molar-refractivity contribution in [2.24, 2.45) is 4.99 Å². The molecule has 1 unspecified atom stereocenters. The molecule has 2 heterocycles. The highest BCUT2D eigenvalue weighted by Gasteiger charge is 2.24. The number of aliphatic imine (C=N–C) groups is 1. The number of nitrogens with one attached hydrogen (secondary N) is 3. The normalized spacial score (nSPS) is 17.8. The van der Waals surface area contributed by atoms with E-state index >= 15 is 0 Å². The van der Waals surface area contributed by atoms with Crippen LogP contribution in [0, 0.1) is 0 Å². The minimum Gasteiger partial charge on any atom is -0.357 e. The lowest BCUT2D eigenvalue weighted by molar-refractivity contribution is 0.391. The first-order valence-electron chi connectivity index (χ1n) is 9.08. The quantitative estimate of drug-likeness (QED) is 0.281. The molecule has 0 aliphatic carbocycles. The van der Waals surface area contributed by atoms with E-state index in [1.807, 2.05) is 25.5 Å². The van der Waals surface area contributed by atoms with Gasteiger partial charge in [-0.05, 0) is 27.2 Å². The number of nitrogens with zero attached hydrogens (tertiary/aromatic N) is 4. The van der Waals surface area contributed by atoms with Crippen molar-refractivity contribution in [1.82, 2.24) is 30.1 Å². The zero-order valence-electron chi connectivity index (χ0n) is 16.7. The Bertz CT molecular complexity index is 746. The fourth-order valence-corrected chi connectivity index (χ4v) is 4.02. The lowest BCUT2D eigenvalue weighted by Gasteiger charge is -2.27. The van der Waals surface area contributed by atoms with Gasteiger partial charge < -0.3 is 10.6 Å². The van der Waals surface area contributed by atoms with Crippen molar-refractivity contribution in [3.05, 3.63) is 11.6 Å². The third-order valence-corrected chi connectivity index (χ3v) is 4.92. The number of hydrogen-bond acceptors (Lipinski definition) is 5. The maximum Gasteiger partial charge on any atom is 0.209 e. The highest BCUT2D eigenvalue weighted by molar-refractivity contribution is 14.0. The summed E-state index contributed by atoms with van der Waals surface area (Å²) in [7, 11) is -3.28. The Morgan fingerprint density at radius 1 is 1.37 bits per heavy atom. The number of sulfonamides is 1. The lowest BCUT2D eigenvalue weighted by atomic mass is 10.1. The minimum absolute atomic E-state index is 0. The molecule has 1 aromatic rings. The summed E-state index contributed by atoms with van der Waals surface area (Å²) in [6.07, 6.45) is 3.83. The van der Waals surface area contributed by atoms with Crippen LogP contribution in [0.25, 0.3) is 0 Å². The van der Waals surface area contributed by atoms with Crippen molar-refractivity contribution in [2.75, 3.05) is 19.3 Å². The van der Waals surface area contributed by atoms with Crippen LogP contribution in [0.5, 0.6) is 0 Å². The second-order valence-corrected chi connectivity index (χ2v) is 9.06. The number of fused-ring (bicyclic) bond motifs is 1. The van der Waals surface area contributed by atoms with Crippen LogP contribution in [0.2, 0.25) is 0 Å². The van der Waals surface area contributed by atoms with Crippen LogP contribution >= 0.6 is 24.0 Å². The SMILES string of the molecule is CCNC(=NCC(C)(C)NS(C)(=O)=O)NC1CCc2nc(CC)nn2C1.I. The summed E-state index contributed by atoms with van der Waals surface area (Å²) in [5.74, 6) is 2.61. The van der Waals surface area contributed by atoms with E-state index in [0.29, 0.717) is 12.5 Å². The van der Waals surface area contributed by atoms with Gasteiger partial charge in [-0.25, -0.2) is 22.8 Å². The van der Waals surface area contributed by atoms with E-state index in [1.54, 1.807) is 0 Å². The fourth-order valence-electron chi connectivity index (χ4n) is 2.95. The molecular weight excluding hydrogens is 481 g/mol. The second-order valence-electron chi connectivity index (χ2n) is 7.31. The average molecular weight is 513 g/mol. The van der Waals surface area contributed by atoms with Crippen LogP contribution in [0.1, 0.15) is 45.8 Å². The van der Waals surface area contributed by atoms with Crippen molar-refractivity contribution in [1.29, 1.82) is 0 Å². The highest BCUT2D eigenvalue weighted by atomic mass is 127. The number of rotatable bonds is 7. The topological polar surface area (TPSA) is 113 Å². The number of hydrogen-bond donors (Lipinski definition) is 3. The van der Waals surface area contributed by atoms with Crippen molar-refractivity contribution in [2.45, 2.75) is 65.1 Å². The molecule has 0 spiro atoms. The monoisotopic (exact) mass is 513 g/mol. The van der Waals surface area contributed by atoms with E-state index in [2.05, 4.69) is 37.4 Å². The zero-order valence-corrected chi connectivity index (χ0v) is 19.9. The first-order chi connectivity index (χ1) is 12.1. The summed E-state index contributed by atoms with van der Waals surface area (Å²) >= 11 is 0. The lowest BCUT2D eigenvalue weighted by Crippen LogP contribution is -2.49. The summed E-state index contributed by atoms with van der Waals surface area (Å²) in [6.45, 7) is 9.49. The maximum atomic E-state index is 11.5. The summed E-state index contributed by atoms with van der Waals surface area (Å²) in [4.78, 5) is 9.10. The Hall–Kier alpha value is -0.950. The molecule has 0 amide bonds. The molecule has 3 N–H and O–H groups in total. The van der Waals surface area contributed by atoms with Crippen molar-refractivity contribution < 1.29 is 8.42 Å². The van der Waals surface area contributed by atoms with E-state index in [-0.39, 0.29) is 30.0 Å². The molecule has 1 aromatic heterocycles. The van der Waals surface area contributed by atoms with E-state index < -0.39 is 15.6 Å². The first-order valence-corrected chi connectivity index (χ1v) is 11.0. The Balaban J connectivity index is 0.00000364. The van der Waals surface area contributed by atoms with Gasteiger partial charge in [0.1, 0.15) is 5.82 Å². The van der Waals surface area contributed by atoms with Gasteiger partial charge in [0.25, 0.3) is 0 Å². The van der Waals surface area contributed by atoms with Gasteiger partial charge in [0, 0.05) is 31.0 Å². The Kier molecular flexibility index (Phi) is 8.93. The van der Waals surface area contributed by atoms with E-state index in [1.165, 1.54) is 0 Å². The maximum absolute atomic E-state index is 11.5. The summed E-state index contributed by atoms with van der Waals surface area (Å²) in [5.41, 5.74) is -0.655. The smallest absolute Gasteiger partial charge is 0.209 e. The van der Waals surface area contributed by atoms with Crippen LogP contribution in [0.15, 0.2) is 4.99 Å². The molecular formula is C16H32IN7O2S. The van der Waals surface area contributed by atoms with Gasteiger partial charge in [0.15, 0.2) is 11.8 Å². The Labute approximate surface area is 179 Å². The molecule has 0 aromatic carbocycles. The second kappa shape index (κ2) is 10.0. The van der Waals surface area contributed by atoms with Gasteiger partial charge in [0.05, 0.1) is 19.3 Å². The van der Waals surface area contributed by atoms with Crippen LogP contribution in [-0.2, 0) is 29.4 Å². The molecule has 1 aliphatic rings. The molecule has 0 fully saturated rings. The van der Waals surface area contributed by atoms with Crippen molar-refractivity contribution in [3.8, 4) is 0 Å². The third-order valence-electron chi connectivity index (χ3n) is 4.00. The van der Waals surface area contributed by atoms with Gasteiger partial charge in [0.2, 0.25) is 10.0 Å². The zero-order chi connectivity index (χ0) is 19.4. The van der Waals surface area contributed by atoms with Crippen molar-refractivity contribution in [3.63, 3.8) is 0 Å². The molecule has 0 saturated heterocycles. The minimum atomic E-state index is -3.28. The molecule has 11 heteroatoms. The van der Waals surface area contributed by atoms with Crippen LogP contribution in [0.3, 0.4) is 0 Å². The van der Waals surface area contributed by atoms with Gasteiger partial charge in [-0.2, -0.15) is 5.10 Å². The summed E-state index contributed by atoms with van der Waals surface area (Å²) in [5, 5.41) is 11.2. The predicted molar refractivity (Wildman–Crippen MR) is 118 cm³/mol. The number of halogens is 1. The molecule has 2 rings (SSSR count). The van der Waals surface area contributed by atoms with Crippen molar-refractivity contribution >= 4 is 40.0 Å². The molecule has 1 atom stereocenters. The molecule has 0 saturated carbocycles. The van der Waals surface area contributed by atoms with Gasteiger partial charge in [-0.1, -0.05) is 6.92 Å². The van der Waals surface area contributed by atoms with E-state index in [9.17, 15) is 8.42 Å². The van der Waals surface area contributed by atoms with Crippen LogP contribution < -0.4 is 15.4 Å². The molecule has 27 heavy (non-hydrogen) atoms. The number of aromatic nitrogens is 3. The molecule has 9 nitrogen and oxygen atoms in total. The predicted octanol–water partition coefficient (Wildman–Crippen LogP) is 0.656. The molecule has 1 aliphatic heterocycles. The Morgan fingerprint density at radius 2 is 2.07 bits per heavy atom. The molecule has 0 radical (unpaired) electrons. The molecule has 0 bridgehead atoms. The largest absolute Gasteiger partial charge is 0.357 e. The standard InChI is InChI=1S/C16H31N7O2S.HI/c1-6-13-20-14-9-8-12(10-23(14)21-13)19-15(17-7-2)18-11-16(3,4)22-26(5,24)25;/h12,22H,6-11H2,1-5H3,(H2,17,18,19);1H. The van der Waals surface area contributed by atoms with Gasteiger partial charge >= 0.3 is 0 Å². The van der Waals surface area contributed by atoms with Gasteiger partial charge in [-0.3, -0.25) is 4.99 Å². The number of guanidine groups is 1. The summed E-state index contributed by atoms with van der Waals surface area (Å²) < 4.78 is 27.5. The number of aryl methyl sites for hydroxylation is 2. The van der Waals surface area contributed by atoms with Gasteiger partial charge in [-0.15, -0.1) is 24.0 Å². The fraction of sp³-hybridized carbons (Fsp3) is 0.812. The highest BCUT2D eigenvalue weighted by Crippen LogP contribution is 2.13. The van der Waals surface area contributed by atoms with E-state index in [4.69, 9.17) is 0 Å². The third kappa shape index (κ3) is 7.90. The summed E-state index contributed by atoms with van der Waals surface area (Å²) in [6, 6.07) is 0.206. The van der Waals surface area contributed by atoms with Crippen LogP contribution in [0.4, 0.5) is 0 Å². The van der Waals surface area contributed by atoms with Crippen LogP contribution in [-0.4, -0.2) is 60.1 Å². The molecule has 156 valence electrons. The average Bonchev–Trinajstić information content (AvgIpc) is 2.93.